The van der Waals surface area contributed by atoms with Gasteiger partial charge in [0.25, 0.3) is 5.91 Å². The third-order valence-corrected chi connectivity index (χ3v) is 4.24. The molecule has 7 nitrogen and oxygen atoms in total. The summed E-state index contributed by atoms with van der Waals surface area (Å²) in [5.74, 6) is -0.926. The molecule has 0 bridgehead atoms. The van der Waals surface area contributed by atoms with Gasteiger partial charge in [-0.05, 0) is 42.8 Å². The summed E-state index contributed by atoms with van der Waals surface area (Å²) in [4.78, 5) is 25.9. The SMILES string of the molecule is Cc1cccc(OCC(=O)Nc2ccc(N3CCOCC3)cc2C(=O)O)c1. The first-order chi connectivity index (χ1) is 13.0. The summed E-state index contributed by atoms with van der Waals surface area (Å²) in [6.07, 6.45) is 0. The Hall–Kier alpha value is -3.06. The van der Waals surface area contributed by atoms with E-state index in [4.69, 9.17) is 9.47 Å². The van der Waals surface area contributed by atoms with E-state index < -0.39 is 11.9 Å². The fourth-order valence-corrected chi connectivity index (χ4v) is 2.88. The van der Waals surface area contributed by atoms with Crippen LogP contribution in [-0.2, 0) is 9.53 Å². The smallest absolute Gasteiger partial charge is 0.337 e. The minimum absolute atomic E-state index is 0.0443. The normalized spacial score (nSPS) is 13.9. The van der Waals surface area contributed by atoms with Gasteiger partial charge < -0.3 is 24.8 Å². The van der Waals surface area contributed by atoms with Gasteiger partial charge >= 0.3 is 5.97 Å². The molecule has 1 aliphatic rings. The number of ether oxygens (including phenoxy) is 2. The monoisotopic (exact) mass is 370 g/mol. The van der Waals surface area contributed by atoms with E-state index in [1.165, 1.54) is 0 Å². The van der Waals surface area contributed by atoms with E-state index in [1.807, 2.05) is 25.1 Å². The molecule has 0 aliphatic carbocycles. The number of carbonyl (C=O) groups excluding carboxylic acids is 1. The van der Waals surface area contributed by atoms with E-state index >= 15 is 0 Å². The van der Waals surface area contributed by atoms with Crippen molar-refractivity contribution in [2.45, 2.75) is 6.92 Å². The Bertz CT molecular complexity index is 831. The number of morpholine rings is 1. The Morgan fingerprint density at radius 1 is 1.19 bits per heavy atom. The molecule has 2 aromatic carbocycles. The van der Waals surface area contributed by atoms with Crippen LogP contribution in [0, 0.1) is 6.92 Å². The van der Waals surface area contributed by atoms with Gasteiger partial charge in [0.15, 0.2) is 6.61 Å². The number of benzene rings is 2. The van der Waals surface area contributed by atoms with Gasteiger partial charge in [-0.25, -0.2) is 4.79 Å². The largest absolute Gasteiger partial charge is 0.484 e. The van der Waals surface area contributed by atoms with Crippen LogP contribution in [0.15, 0.2) is 42.5 Å². The second-order valence-corrected chi connectivity index (χ2v) is 6.29. The lowest BCUT2D eigenvalue weighted by Gasteiger charge is -2.29. The number of rotatable bonds is 6. The van der Waals surface area contributed by atoms with Crippen LogP contribution in [0.1, 0.15) is 15.9 Å². The summed E-state index contributed by atoms with van der Waals surface area (Å²) in [6.45, 7) is 4.36. The van der Waals surface area contributed by atoms with Crippen LogP contribution in [0.2, 0.25) is 0 Å². The highest BCUT2D eigenvalue weighted by atomic mass is 16.5. The van der Waals surface area contributed by atoms with Crippen LogP contribution in [0.3, 0.4) is 0 Å². The molecule has 0 atom stereocenters. The summed E-state index contributed by atoms with van der Waals surface area (Å²) >= 11 is 0. The Balaban J connectivity index is 1.67. The fourth-order valence-electron chi connectivity index (χ4n) is 2.88. The maximum atomic E-state index is 12.2. The number of anilines is 2. The first kappa shape index (κ1) is 18.7. The van der Waals surface area contributed by atoms with Crippen LogP contribution in [0.5, 0.6) is 5.75 Å². The van der Waals surface area contributed by atoms with E-state index in [9.17, 15) is 14.7 Å². The van der Waals surface area contributed by atoms with Crippen molar-refractivity contribution in [2.75, 3.05) is 43.1 Å². The zero-order chi connectivity index (χ0) is 19.2. The van der Waals surface area contributed by atoms with Crippen molar-refractivity contribution in [3.63, 3.8) is 0 Å². The number of amides is 1. The highest BCUT2D eigenvalue weighted by Gasteiger charge is 2.17. The van der Waals surface area contributed by atoms with Crippen molar-refractivity contribution in [3.8, 4) is 5.75 Å². The standard InChI is InChI=1S/C20H22N2O5/c1-14-3-2-4-16(11-14)27-13-19(23)21-18-6-5-15(12-17(18)20(24)25)22-7-9-26-10-8-22/h2-6,11-12H,7-10,13H2,1H3,(H,21,23)(H,24,25). The number of nitrogens with one attached hydrogen (secondary N) is 1. The molecule has 7 heteroatoms. The second-order valence-electron chi connectivity index (χ2n) is 6.29. The molecule has 142 valence electrons. The lowest BCUT2D eigenvalue weighted by atomic mass is 10.1. The Morgan fingerprint density at radius 2 is 1.96 bits per heavy atom. The van der Waals surface area contributed by atoms with Gasteiger partial charge in [-0.1, -0.05) is 12.1 Å². The molecule has 1 fully saturated rings. The second kappa shape index (κ2) is 8.55. The first-order valence-electron chi connectivity index (χ1n) is 8.72. The van der Waals surface area contributed by atoms with Gasteiger partial charge in [0.05, 0.1) is 24.5 Å². The van der Waals surface area contributed by atoms with Crippen LogP contribution in [-0.4, -0.2) is 49.9 Å². The molecule has 0 radical (unpaired) electrons. The maximum absolute atomic E-state index is 12.2. The molecule has 1 aliphatic heterocycles. The van der Waals surface area contributed by atoms with Gasteiger partial charge in [-0.3, -0.25) is 4.79 Å². The molecule has 27 heavy (non-hydrogen) atoms. The van der Waals surface area contributed by atoms with E-state index in [2.05, 4.69) is 10.2 Å². The maximum Gasteiger partial charge on any atom is 0.337 e. The number of hydrogen-bond acceptors (Lipinski definition) is 5. The van der Waals surface area contributed by atoms with Gasteiger partial charge in [-0.15, -0.1) is 0 Å². The van der Waals surface area contributed by atoms with Crippen molar-refractivity contribution < 1.29 is 24.2 Å². The van der Waals surface area contributed by atoms with Crippen molar-refractivity contribution in [1.29, 1.82) is 0 Å². The number of carboxylic acid groups (broad SMARTS) is 1. The lowest BCUT2D eigenvalue weighted by molar-refractivity contribution is -0.118. The number of hydrogen-bond donors (Lipinski definition) is 2. The predicted molar refractivity (Wildman–Crippen MR) is 102 cm³/mol. The molecule has 1 heterocycles. The minimum atomic E-state index is -1.10. The average Bonchev–Trinajstić information content (AvgIpc) is 2.67. The molecule has 0 aromatic heterocycles. The predicted octanol–water partition coefficient (Wildman–Crippen LogP) is 2.55. The number of aromatic carboxylic acids is 1. The number of aryl methyl sites for hydroxylation is 1. The zero-order valence-corrected chi connectivity index (χ0v) is 15.1. The van der Waals surface area contributed by atoms with E-state index in [1.54, 1.807) is 24.3 Å². The van der Waals surface area contributed by atoms with E-state index in [0.29, 0.717) is 32.1 Å². The van der Waals surface area contributed by atoms with E-state index in [-0.39, 0.29) is 17.9 Å². The molecular weight excluding hydrogens is 348 g/mol. The third kappa shape index (κ3) is 4.98. The van der Waals surface area contributed by atoms with Crippen molar-refractivity contribution in [2.24, 2.45) is 0 Å². The Kier molecular flexibility index (Phi) is 5.93. The third-order valence-electron chi connectivity index (χ3n) is 4.24. The van der Waals surface area contributed by atoms with Crippen LogP contribution < -0.4 is 15.0 Å². The lowest BCUT2D eigenvalue weighted by Crippen LogP contribution is -2.36. The van der Waals surface area contributed by atoms with Crippen molar-refractivity contribution in [1.82, 2.24) is 0 Å². The molecule has 0 unspecified atom stereocenters. The zero-order valence-electron chi connectivity index (χ0n) is 15.1. The quantitative estimate of drug-likeness (QED) is 0.812. The topological polar surface area (TPSA) is 88.1 Å². The van der Waals surface area contributed by atoms with Crippen molar-refractivity contribution >= 4 is 23.3 Å². The van der Waals surface area contributed by atoms with Crippen molar-refractivity contribution in [3.05, 3.63) is 53.6 Å². The van der Waals surface area contributed by atoms with Gasteiger partial charge in [-0.2, -0.15) is 0 Å². The Morgan fingerprint density at radius 3 is 2.67 bits per heavy atom. The number of carbonyl (C=O) groups is 2. The molecule has 0 spiro atoms. The average molecular weight is 370 g/mol. The van der Waals surface area contributed by atoms with Crippen LogP contribution in [0.4, 0.5) is 11.4 Å². The molecular formula is C20H22N2O5. The molecule has 2 N–H and O–H groups in total. The highest BCUT2D eigenvalue weighted by Crippen LogP contribution is 2.24. The summed E-state index contributed by atoms with van der Waals surface area (Å²) in [6, 6.07) is 12.4. The molecule has 1 amide bonds. The fraction of sp³-hybridized carbons (Fsp3) is 0.300. The van der Waals surface area contributed by atoms with Crippen LogP contribution in [0.25, 0.3) is 0 Å². The molecule has 0 saturated carbocycles. The Labute approximate surface area is 157 Å². The summed E-state index contributed by atoms with van der Waals surface area (Å²) < 4.78 is 10.8. The highest BCUT2D eigenvalue weighted by molar-refractivity contribution is 6.01. The minimum Gasteiger partial charge on any atom is -0.484 e. The van der Waals surface area contributed by atoms with Gasteiger partial charge in [0, 0.05) is 18.8 Å². The summed E-state index contributed by atoms with van der Waals surface area (Å²) in [5, 5.41) is 12.1. The molecule has 2 aromatic rings. The summed E-state index contributed by atoms with van der Waals surface area (Å²) in [7, 11) is 0. The molecule has 1 saturated heterocycles. The molecule has 3 rings (SSSR count). The summed E-state index contributed by atoms with van der Waals surface area (Å²) in [5.41, 5.74) is 2.12. The van der Waals surface area contributed by atoms with Gasteiger partial charge in [0.2, 0.25) is 0 Å². The van der Waals surface area contributed by atoms with E-state index in [0.717, 1.165) is 11.3 Å². The number of nitrogens with zero attached hydrogens (tertiary/aromatic N) is 1. The van der Waals surface area contributed by atoms with Gasteiger partial charge in [0.1, 0.15) is 5.75 Å². The van der Waals surface area contributed by atoms with Crippen LogP contribution >= 0.6 is 0 Å². The number of carboxylic acids is 1. The first-order valence-corrected chi connectivity index (χ1v) is 8.72.